The van der Waals surface area contributed by atoms with Gasteiger partial charge in [0.25, 0.3) is 5.60 Å². The zero-order chi connectivity index (χ0) is 31.7. The third-order valence-electron chi connectivity index (χ3n) is 8.46. The maximum absolute atomic E-state index is 14.7. The third kappa shape index (κ3) is 6.28. The van der Waals surface area contributed by atoms with Crippen LogP contribution in [0.1, 0.15) is 58.9 Å². The van der Waals surface area contributed by atoms with Crippen molar-refractivity contribution < 1.29 is 51.2 Å². The van der Waals surface area contributed by atoms with Gasteiger partial charge in [-0.3, -0.25) is 4.79 Å². The fourth-order valence-corrected chi connectivity index (χ4v) is 5.99. The fourth-order valence-electron chi connectivity index (χ4n) is 5.99. The number of carbonyl (C=O) groups is 3. The fraction of sp³-hybridized carbons (Fsp3) is 0.531. The SMILES string of the molecule is C=C1C(=O)O[C@H]2[C@H]1[C@H](OC(=O)[C@](OC)(c1ccccc1)C(F)(F)F)C/C(C)=C/CC/C(C)=C/C[C@@H](OC(C)=O)[C@]1(C)O[C@@H]21. The summed E-state index contributed by atoms with van der Waals surface area (Å²) in [5.41, 5.74) is -3.25. The number of halogens is 3. The monoisotopic (exact) mass is 606 g/mol. The van der Waals surface area contributed by atoms with Crippen LogP contribution < -0.4 is 0 Å². The van der Waals surface area contributed by atoms with E-state index in [0.29, 0.717) is 19.3 Å². The van der Waals surface area contributed by atoms with Gasteiger partial charge in [0.05, 0.1) is 5.92 Å². The second kappa shape index (κ2) is 12.3. The van der Waals surface area contributed by atoms with Crippen LogP contribution in [-0.2, 0) is 43.7 Å². The van der Waals surface area contributed by atoms with E-state index < -0.39 is 71.2 Å². The summed E-state index contributed by atoms with van der Waals surface area (Å²) in [6.07, 6.45) is -3.61. The van der Waals surface area contributed by atoms with E-state index in [1.165, 1.54) is 25.1 Å². The van der Waals surface area contributed by atoms with Crippen LogP contribution in [0.25, 0.3) is 0 Å². The maximum Gasteiger partial charge on any atom is 0.432 e. The van der Waals surface area contributed by atoms with Gasteiger partial charge in [0.15, 0.2) is 0 Å². The summed E-state index contributed by atoms with van der Waals surface area (Å²) in [4.78, 5) is 38.5. The molecule has 0 N–H and O–H groups in total. The number of alkyl halides is 3. The van der Waals surface area contributed by atoms with Gasteiger partial charge in [-0.1, -0.05) is 60.2 Å². The van der Waals surface area contributed by atoms with Gasteiger partial charge in [0.1, 0.15) is 30.0 Å². The van der Waals surface area contributed by atoms with Crippen LogP contribution in [-0.4, -0.2) is 61.2 Å². The topological polar surface area (TPSA) is 101 Å². The molecule has 1 aromatic carbocycles. The minimum Gasteiger partial charge on any atom is -0.459 e. The smallest absolute Gasteiger partial charge is 0.432 e. The molecule has 0 radical (unpaired) electrons. The van der Waals surface area contributed by atoms with Gasteiger partial charge in [-0.2, -0.15) is 13.2 Å². The third-order valence-corrected chi connectivity index (χ3v) is 8.46. The Morgan fingerprint density at radius 3 is 2.35 bits per heavy atom. The van der Waals surface area contributed by atoms with Crippen LogP contribution in [0.5, 0.6) is 0 Å². The van der Waals surface area contributed by atoms with E-state index in [1.54, 1.807) is 13.8 Å². The van der Waals surface area contributed by atoms with Gasteiger partial charge < -0.3 is 23.7 Å². The number of methoxy groups -OCH3 is 1. The molecule has 2 aliphatic heterocycles. The van der Waals surface area contributed by atoms with E-state index in [1.807, 2.05) is 19.1 Å². The minimum absolute atomic E-state index is 0.00538. The first-order chi connectivity index (χ1) is 20.2. The summed E-state index contributed by atoms with van der Waals surface area (Å²) in [6, 6.07) is 6.50. The number of hydrogen-bond donors (Lipinski definition) is 0. The van der Waals surface area contributed by atoms with E-state index in [0.717, 1.165) is 30.4 Å². The number of hydrogen-bond acceptors (Lipinski definition) is 8. The molecular formula is C32H37F3O8. The Hall–Kier alpha value is -3.44. The lowest BCUT2D eigenvalue weighted by molar-refractivity contribution is -0.279. The van der Waals surface area contributed by atoms with Crippen molar-refractivity contribution in [2.45, 2.75) is 95.2 Å². The van der Waals surface area contributed by atoms with E-state index >= 15 is 0 Å². The number of epoxide rings is 1. The molecule has 8 nitrogen and oxygen atoms in total. The Kier molecular flexibility index (Phi) is 9.27. The lowest BCUT2D eigenvalue weighted by Gasteiger charge is -2.35. The van der Waals surface area contributed by atoms with E-state index in [9.17, 15) is 27.6 Å². The highest BCUT2D eigenvalue weighted by Gasteiger charge is 2.69. The van der Waals surface area contributed by atoms with Crippen molar-refractivity contribution in [3.05, 3.63) is 71.3 Å². The number of carbonyl (C=O) groups excluding carboxylic acids is 3. The minimum atomic E-state index is -5.19. The molecule has 11 heteroatoms. The van der Waals surface area contributed by atoms with Crippen molar-refractivity contribution in [2.75, 3.05) is 7.11 Å². The largest absolute Gasteiger partial charge is 0.459 e. The first-order valence-electron chi connectivity index (χ1n) is 14.1. The molecule has 43 heavy (non-hydrogen) atoms. The summed E-state index contributed by atoms with van der Waals surface area (Å²) in [5, 5.41) is 0. The lowest BCUT2D eigenvalue weighted by Crippen LogP contribution is -2.53. The molecular weight excluding hydrogens is 569 g/mol. The van der Waals surface area contributed by atoms with E-state index in [4.69, 9.17) is 23.7 Å². The van der Waals surface area contributed by atoms with Crippen molar-refractivity contribution in [3.8, 4) is 0 Å². The molecule has 2 saturated heterocycles. The summed E-state index contributed by atoms with van der Waals surface area (Å²) >= 11 is 0. The summed E-state index contributed by atoms with van der Waals surface area (Å²) in [5.74, 6) is -4.04. The van der Waals surface area contributed by atoms with Gasteiger partial charge in [-0.25, -0.2) is 9.59 Å². The van der Waals surface area contributed by atoms with Crippen molar-refractivity contribution in [2.24, 2.45) is 5.92 Å². The van der Waals surface area contributed by atoms with Crippen LogP contribution in [0.3, 0.4) is 0 Å². The second-order valence-electron chi connectivity index (χ2n) is 11.5. The van der Waals surface area contributed by atoms with Crippen molar-refractivity contribution >= 4 is 17.9 Å². The van der Waals surface area contributed by atoms with Crippen LogP contribution in [0.4, 0.5) is 13.2 Å². The standard InChI is InChI=1S/C32H37F3O8/c1-18-11-10-12-19(2)17-23(41-29(38)31(39-6,32(33,34)35)22-13-8-7-9-14-22)25-20(3)28(37)42-26(25)27-30(5,43-27)24(16-15-18)40-21(4)36/h7-9,12-15,23-27H,3,10-11,16-17H2,1-2,4-6H3/b18-15+,19-12+/t23-,24-,25-,26+,27+,30+,31-/m1/s1. The van der Waals surface area contributed by atoms with Crippen molar-refractivity contribution in [1.29, 1.82) is 0 Å². The first-order valence-corrected chi connectivity index (χ1v) is 14.1. The quantitative estimate of drug-likeness (QED) is 0.139. The molecule has 0 unspecified atom stereocenters. The Labute approximate surface area is 248 Å². The highest BCUT2D eigenvalue weighted by Crippen LogP contribution is 2.51. The molecule has 7 atom stereocenters. The molecule has 1 aliphatic carbocycles. The highest BCUT2D eigenvalue weighted by molar-refractivity contribution is 5.91. The molecule has 4 rings (SSSR count). The highest BCUT2D eigenvalue weighted by atomic mass is 19.4. The second-order valence-corrected chi connectivity index (χ2v) is 11.5. The Balaban J connectivity index is 1.78. The van der Waals surface area contributed by atoms with Gasteiger partial charge in [-0.05, 0) is 33.6 Å². The predicted molar refractivity (Wildman–Crippen MR) is 148 cm³/mol. The number of rotatable bonds is 5. The first kappa shape index (κ1) is 32.5. The molecule has 3 aliphatic rings. The summed E-state index contributed by atoms with van der Waals surface area (Å²) in [6.45, 7) is 10.6. The summed E-state index contributed by atoms with van der Waals surface area (Å²) in [7, 11) is 0.790. The zero-order valence-electron chi connectivity index (χ0n) is 24.9. The molecule has 0 amide bonds. The number of fused-ring (bicyclic) bond motifs is 3. The van der Waals surface area contributed by atoms with Crippen molar-refractivity contribution in [1.82, 2.24) is 0 Å². The van der Waals surface area contributed by atoms with E-state index in [2.05, 4.69) is 6.58 Å². The van der Waals surface area contributed by atoms with Crippen LogP contribution in [0.15, 0.2) is 65.8 Å². The Morgan fingerprint density at radius 1 is 1.07 bits per heavy atom. The molecule has 0 bridgehead atoms. The van der Waals surface area contributed by atoms with E-state index in [-0.39, 0.29) is 12.0 Å². The van der Waals surface area contributed by atoms with Crippen LogP contribution in [0.2, 0.25) is 0 Å². The normalized spacial score (nSPS) is 33.6. The van der Waals surface area contributed by atoms with Crippen LogP contribution >= 0.6 is 0 Å². The Bertz CT molecular complexity index is 1320. The molecule has 0 aromatic heterocycles. The van der Waals surface area contributed by atoms with Crippen LogP contribution in [0, 0.1) is 5.92 Å². The zero-order valence-corrected chi connectivity index (χ0v) is 24.9. The molecule has 0 spiro atoms. The van der Waals surface area contributed by atoms with Gasteiger partial charge in [0, 0.05) is 38.0 Å². The average molecular weight is 607 g/mol. The van der Waals surface area contributed by atoms with Gasteiger partial charge >= 0.3 is 24.1 Å². The number of allylic oxidation sites excluding steroid dienone is 2. The molecule has 2 fully saturated rings. The number of benzene rings is 1. The summed E-state index contributed by atoms with van der Waals surface area (Å²) < 4.78 is 72.1. The molecule has 1 aromatic rings. The maximum atomic E-state index is 14.7. The molecule has 0 saturated carbocycles. The lowest BCUT2D eigenvalue weighted by atomic mass is 9.82. The van der Waals surface area contributed by atoms with Gasteiger partial charge in [0.2, 0.25) is 0 Å². The molecule has 234 valence electrons. The van der Waals surface area contributed by atoms with Gasteiger partial charge in [-0.15, -0.1) is 0 Å². The predicted octanol–water partition coefficient (Wildman–Crippen LogP) is 5.66. The average Bonchev–Trinajstić information content (AvgIpc) is 3.53. The number of esters is 3. The molecule has 2 heterocycles. The van der Waals surface area contributed by atoms with Crippen molar-refractivity contribution in [3.63, 3.8) is 0 Å². The Morgan fingerprint density at radius 2 is 1.74 bits per heavy atom. The number of ether oxygens (including phenoxy) is 5.